The average molecular weight is 375 g/mol. The van der Waals surface area contributed by atoms with Gasteiger partial charge in [0.05, 0.1) is 0 Å². The van der Waals surface area contributed by atoms with Gasteiger partial charge in [0.25, 0.3) is 6.43 Å². The number of Topliss-reactive ketones (excluding diaryl/α,β-unsaturated/α-hetero) is 1. The van der Waals surface area contributed by atoms with E-state index < -0.39 is 6.43 Å². The lowest BCUT2D eigenvalue weighted by Crippen LogP contribution is -1.98. The number of ketones is 1. The van der Waals surface area contributed by atoms with Crippen molar-refractivity contribution in [3.63, 3.8) is 0 Å². The van der Waals surface area contributed by atoms with Crippen LogP contribution in [0.2, 0.25) is 0 Å². The van der Waals surface area contributed by atoms with Crippen molar-refractivity contribution in [3.8, 4) is 0 Å². The number of rotatable bonds is 2. The van der Waals surface area contributed by atoms with E-state index in [2.05, 4.69) is 15.9 Å². The van der Waals surface area contributed by atoms with Crippen LogP contribution >= 0.6 is 38.5 Å². The largest absolute Gasteiger partial charge is 0.294 e. The van der Waals surface area contributed by atoms with Crippen LogP contribution in [0.4, 0.5) is 8.78 Å². The summed E-state index contributed by atoms with van der Waals surface area (Å²) in [5.41, 5.74) is 0.176. The summed E-state index contributed by atoms with van der Waals surface area (Å²) in [4.78, 5) is 11.1. The van der Waals surface area contributed by atoms with Crippen LogP contribution in [-0.2, 0) is 0 Å². The van der Waals surface area contributed by atoms with Crippen molar-refractivity contribution in [3.05, 3.63) is 31.3 Å². The molecular formula is C9H6BrF2IO. The minimum atomic E-state index is -2.55. The number of benzene rings is 1. The van der Waals surface area contributed by atoms with E-state index >= 15 is 0 Å². The van der Waals surface area contributed by atoms with Crippen molar-refractivity contribution in [1.82, 2.24) is 0 Å². The van der Waals surface area contributed by atoms with Crippen LogP contribution in [0.15, 0.2) is 16.6 Å². The highest BCUT2D eigenvalue weighted by Crippen LogP contribution is 2.29. The zero-order valence-electron chi connectivity index (χ0n) is 7.15. The number of carbonyl (C=O) groups excluding carboxylic acids is 1. The van der Waals surface area contributed by atoms with Gasteiger partial charge < -0.3 is 0 Å². The number of alkyl halides is 2. The third kappa shape index (κ3) is 2.50. The summed E-state index contributed by atoms with van der Waals surface area (Å²) in [6, 6.07) is 2.58. The zero-order valence-corrected chi connectivity index (χ0v) is 10.9. The van der Waals surface area contributed by atoms with Crippen LogP contribution < -0.4 is 0 Å². The first-order valence-electron chi connectivity index (χ1n) is 3.71. The first-order valence-corrected chi connectivity index (χ1v) is 5.58. The molecule has 0 saturated carbocycles. The molecular weight excluding hydrogens is 369 g/mol. The van der Waals surface area contributed by atoms with Crippen molar-refractivity contribution in [2.24, 2.45) is 0 Å². The Morgan fingerprint density at radius 2 is 2.07 bits per heavy atom. The topological polar surface area (TPSA) is 17.1 Å². The molecule has 0 aromatic heterocycles. The summed E-state index contributed by atoms with van der Waals surface area (Å²) in [6.07, 6.45) is -2.55. The molecule has 0 fully saturated rings. The molecule has 0 unspecified atom stereocenters. The normalized spacial score (nSPS) is 10.7. The number of hydrogen-bond acceptors (Lipinski definition) is 1. The number of hydrogen-bond donors (Lipinski definition) is 0. The van der Waals surface area contributed by atoms with Gasteiger partial charge in [-0.25, -0.2) is 8.78 Å². The molecule has 0 N–H and O–H groups in total. The molecule has 0 atom stereocenters. The standard InChI is InChI=1S/C9H6BrF2IO/c1-4(14)6-2-5(9(11)12)3-7(13)8(6)10/h2-3,9H,1H3. The minimum Gasteiger partial charge on any atom is -0.294 e. The van der Waals surface area contributed by atoms with Gasteiger partial charge in [0, 0.05) is 19.2 Å². The monoisotopic (exact) mass is 374 g/mol. The molecule has 76 valence electrons. The van der Waals surface area contributed by atoms with Crippen molar-refractivity contribution >= 4 is 44.3 Å². The summed E-state index contributed by atoms with van der Waals surface area (Å²) in [5, 5.41) is 0. The van der Waals surface area contributed by atoms with E-state index in [4.69, 9.17) is 0 Å². The van der Waals surface area contributed by atoms with Gasteiger partial charge in [0.2, 0.25) is 0 Å². The van der Waals surface area contributed by atoms with Crippen LogP contribution in [0.1, 0.15) is 29.3 Å². The second-order valence-corrected chi connectivity index (χ2v) is 4.68. The summed E-state index contributed by atoms with van der Waals surface area (Å²) in [6.45, 7) is 1.35. The maximum Gasteiger partial charge on any atom is 0.263 e. The van der Waals surface area contributed by atoms with Crippen molar-refractivity contribution < 1.29 is 13.6 Å². The molecule has 0 spiro atoms. The van der Waals surface area contributed by atoms with Crippen LogP contribution in [0.5, 0.6) is 0 Å². The van der Waals surface area contributed by atoms with Crippen molar-refractivity contribution in [2.45, 2.75) is 13.3 Å². The fourth-order valence-corrected chi connectivity index (χ4v) is 2.15. The number of carbonyl (C=O) groups is 1. The smallest absolute Gasteiger partial charge is 0.263 e. The van der Waals surface area contributed by atoms with E-state index in [9.17, 15) is 13.6 Å². The van der Waals surface area contributed by atoms with Gasteiger partial charge in [-0.15, -0.1) is 0 Å². The highest BCUT2D eigenvalue weighted by Gasteiger charge is 2.15. The van der Waals surface area contributed by atoms with E-state index in [1.54, 1.807) is 0 Å². The lowest BCUT2D eigenvalue weighted by molar-refractivity contribution is 0.101. The average Bonchev–Trinajstić information content (AvgIpc) is 2.08. The molecule has 5 heteroatoms. The Morgan fingerprint density at radius 1 is 1.50 bits per heavy atom. The Bertz CT molecular complexity index is 379. The van der Waals surface area contributed by atoms with E-state index in [-0.39, 0.29) is 11.3 Å². The summed E-state index contributed by atoms with van der Waals surface area (Å²) in [7, 11) is 0. The number of halogens is 4. The fraction of sp³-hybridized carbons (Fsp3) is 0.222. The Morgan fingerprint density at radius 3 is 2.50 bits per heavy atom. The molecule has 1 rings (SSSR count). The van der Waals surface area contributed by atoms with Crippen molar-refractivity contribution in [1.29, 1.82) is 0 Å². The summed E-state index contributed by atoms with van der Waals surface area (Å²) >= 11 is 5.10. The van der Waals surface area contributed by atoms with Crippen LogP contribution in [-0.4, -0.2) is 5.78 Å². The molecule has 1 aromatic carbocycles. The third-order valence-corrected chi connectivity index (χ3v) is 4.13. The molecule has 0 bridgehead atoms. The Labute approximate surface area is 102 Å². The van der Waals surface area contributed by atoms with Gasteiger partial charge >= 0.3 is 0 Å². The van der Waals surface area contributed by atoms with Gasteiger partial charge in [0.15, 0.2) is 5.78 Å². The lowest BCUT2D eigenvalue weighted by Gasteiger charge is -2.06. The SMILES string of the molecule is CC(=O)c1cc(C(F)F)cc(I)c1Br. The molecule has 0 amide bonds. The Balaban J connectivity index is 3.35. The van der Waals surface area contributed by atoms with Gasteiger partial charge in [-0.1, -0.05) is 0 Å². The second kappa shape index (κ2) is 4.65. The fourth-order valence-electron chi connectivity index (χ4n) is 0.992. The second-order valence-electron chi connectivity index (χ2n) is 2.72. The summed E-state index contributed by atoms with van der Waals surface area (Å²) in [5.74, 6) is -0.225. The molecule has 0 aliphatic rings. The zero-order chi connectivity index (χ0) is 10.9. The van der Waals surface area contributed by atoms with E-state index in [0.29, 0.717) is 13.6 Å². The molecule has 0 aliphatic heterocycles. The van der Waals surface area contributed by atoms with E-state index in [1.165, 1.54) is 19.1 Å². The summed E-state index contributed by atoms with van der Waals surface area (Å²) < 4.78 is 26.0. The molecule has 0 heterocycles. The van der Waals surface area contributed by atoms with Gasteiger partial charge in [-0.2, -0.15) is 0 Å². The maximum atomic E-state index is 12.4. The molecule has 14 heavy (non-hydrogen) atoms. The lowest BCUT2D eigenvalue weighted by atomic mass is 10.1. The van der Waals surface area contributed by atoms with Crippen LogP contribution in [0, 0.1) is 3.57 Å². The van der Waals surface area contributed by atoms with E-state index in [0.717, 1.165) is 0 Å². The molecule has 1 nitrogen and oxygen atoms in total. The Kier molecular flexibility index (Phi) is 4.00. The van der Waals surface area contributed by atoms with E-state index in [1.807, 2.05) is 22.6 Å². The molecule has 0 radical (unpaired) electrons. The van der Waals surface area contributed by atoms with Crippen LogP contribution in [0.25, 0.3) is 0 Å². The van der Waals surface area contributed by atoms with Gasteiger partial charge in [0.1, 0.15) is 0 Å². The Hall–Kier alpha value is -0.0400. The molecule has 0 aliphatic carbocycles. The quantitative estimate of drug-likeness (QED) is 0.560. The highest BCUT2D eigenvalue weighted by atomic mass is 127. The first kappa shape index (κ1) is 12.0. The predicted molar refractivity (Wildman–Crippen MR) is 61.8 cm³/mol. The van der Waals surface area contributed by atoms with Crippen LogP contribution in [0.3, 0.4) is 0 Å². The van der Waals surface area contributed by atoms with Gasteiger partial charge in [-0.05, 0) is 57.6 Å². The molecule has 1 aromatic rings. The predicted octanol–water partition coefficient (Wildman–Crippen LogP) is 4.19. The third-order valence-electron chi connectivity index (χ3n) is 1.68. The maximum absolute atomic E-state index is 12.4. The van der Waals surface area contributed by atoms with Gasteiger partial charge in [-0.3, -0.25) is 4.79 Å². The first-order chi connectivity index (χ1) is 6.43. The highest BCUT2D eigenvalue weighted by molar-refractivity contribution is 14.1. The minimum absolute atomic E-state index is 0.122. The van der Waals surface area contributed by atoms with Crippen molar-refractivity contribution in [2.75, 3.05) is 0 Å². The molecule has 0 saturated heterocycles.